The van der Waals surface area contributed by atoms with Gasteiger partial charge >= 0.3 is 0 Å². The van der Waals surface area contributed by atoms with Crippen molar-refractivity contribution in [2.24, 2.45) is 0 Å². The Bertz CT molecular complexity index is 561. The van der Waals surface area contributed by atoms with Gasteiger partial charge < -0.3 is 5.73 Å². The Balaban J connectivity index is 3.09. The first-order valence-corrected chi connectivity index (χ1v) is 7.13. The van der Waals surface area contributed by atoms with Crippen LogP contribution in [0.25, 0.3) is 0 Å². The first kappa shape index (κ1) is 14.5. The molecule has 98 valence electrons. The zero-order chi connectivity index (χ0) is 13.8. The molecule has 0 aliphatic rings. The molecule has 0 heterocycles. The quantitative estimate of drug-likeness (QED) is 0.820. The van der Waals surface area contributed by atoms with Crippen molar-refractivity contribution >= 4 is 15.7 Å². The molecule has 0 atom stereocenters. The predicted octanol–water partition coefficient (Wildman–Crippen LogP) is 1.56. The Morgan fingerprint density at radius 3 is 2.61 bits per heavy atom. The van der Waals surface area contributed by atoms with Gasteiger partial charge in [0.05, 0.1) is 17.3 Å². The van der Waals surface area contributed by atoms with Crippen molar-refractivity contribution < 1.29 is 8.42 Å². The van der Waals surface area contributed by atoms with Gasteiger partial charge in [-0.1, -0.05) is 13.3 Å². The predicted molar refractivity (Wildman–Crippen MR) is 70.3 cm³/mol. The fraction of sp³-hybridized carbons (Fsp3) is 0.417. The fourth-order valence-corrected chi connectivity index (χ4v) is 2.82. The minimum absolute atomic E-state index is 0.0557. The smallest absolute Gasteiger partial charge is 0.244 e. The van der Waals surface area contributed by atoms with Crippen LogP contribution in [-0.2, 0) is 10.0 Å². The monoisotopic (exact) mass is 267 g/mol. The number of sulfonamides is 1. The molecule has 1 aromatic rings. The van der Waals surface area contributed by atoms with Crippen LogP contribution in [0.15, 0.2) is 23.1 Å². The molecule has 0 aliphatic heterocycles. The van der Waals surface area contributed by atoms with Crippen molar-refractivity contribution in [1.82, 2.24) is 4.31 Å². The van der Waals surface area contributed by atoms with Crippen LogP contribution in [-0.4, -0.2) is 26.3 Å². The number of nitrogens with zero attached hydrogens (tertiary/aromatic N) is 2. The van der Waals surface area contributed by atoms with Gasteiger partial charge in [-0.05, 0) is 24.6 Å². The summed E-state index contributed by atoms with van der Waals surface area (Å²) in [6.07, 6.45) is 1.72. The number of nitriles is 1. The molecule has 0 saturated carbocycles. The molecule has 5 nitrogen and oxygen atoms in total. The van der Waals surface area contributed by atoms with E-state index in [1.54, 1.807) is 0 Å². The molecule has 0 aliphatic carbocycles. The molecule has 6 heteroatoms. The van der Waals surface area contributed by atoms with Gasteiger partial charge in [0, 0.05) is 13.6 Å². The van der Waals surface area contributed by atoms with E-state index in [4.69, 9.17) is 11.0 Å². The summed E-state index contributed by atoms with van der Waals surface area (Å²) in [6, 6.07) is 6.13. The van der Waals surface area contributed by atoms with E-state index in [0.29, 0.717) is 12.1 Å². The summed E-state index contributed by atoms with van der Waals surface area (Å²) in [6.45, 7) is 2.45. The summed E-state index contributed by atoms with van der Waals surface area (Å²) in [5.74, 6) is 0. The van der Waals surface area contributed by atoms with Crippen LogP contribution >= 0.6 is 0 Å². The van der Waals surface area contributed by atoms with Crippen molar-refractivity contribution in [2.45, 2.75) is 24.7 Å². The van der Waals surface area contributed by atoms with Crippen molar-refractivity contribution in [1.29, 1.82) is 5.26 Å². The normalized spacial score (nSPS) is 11.4. The molecule has 1 rings (SSSR count). The minimum Gasteiger partial charge on any atom is -0.398 e. The highest BCUT2D eigenvalue weighted by atomic mass is 32.2. The van der Waals surface area contributed by atoms with Crippen LogP contribution in [0.4, 0.5) is 5.69 Å². The third-order valence-electron chi connectivity index (χ3n) is 2.65. The molecule has 0 saturated heterocycles. The van der Waals surface area contributed by atoms with Crippen LogP contribution in [0.3, 0.4) is 0 Å². The lowest BCUT2D eigenvalue weighted by Gasteiger charge is -2.17. The van der Waals surface area contributed by atoms with Gasteiger partial charge in [0.25, 0.3) is 0 Å². The number of rotatable bonds is 5. The second-order valence-electron chi connectivity index (χ2n) is 4.04. The van der Waals surface area contributed by atoms with E-state index in [1.807, 2.05) is 13.0 Å². The number of anilines is 1. The average Bonchev–Trinajstić information content (AvgIpc) is 2.35. The molecule has 18 heavy (non-hydrogen) atoms. The van der Waals surface area contributed by atoms with Gasteiger partial charge in [0.1, 0.15) is 4.90 Å². The molecule has 1 aromatic carbocycles. The maximum atomic E-state index is 12.2. The summed E-state index contributed by atoms with van der Waals surface area (Å²) in [4.78, 5) is 0.0557. The number of unbranched alkanes of at least 4 members (excludes halogenated alkanes) is 1. The highest BCUT2D eigenvalue weighted by Gasteiger charge is 2.22. The van der Waals surface area contributed by atoms with E-state index in [0.717, 1.165) is 12.8 Å². The number of hydrogen-bond donors (Lipinski definition) is 1. The maximum Gasteiger partial charge on any atom is 0.244 e. The van der Waals surface area contributed by atoms with Gasteiger partial charge in [-0.2, -0.15) is 5.26 Å². The Kier molecular flexibility index (Phi) is 4.70. The molecule has 0 spiro atoms. The lowest BCUT2D eigenvalue weighted by molar-refractivity contribution is 0.459. The second-order valence-corrected chi connectivity index (χ2v) is 6.06. The first-order valence-electron chi connectivity index (χ1n) is 5.69. The van der Waals surface area contributed by atoms with Gasteiger partial charge in [0.2, 0.25) is 10.0 Å². The fourth-order valence-electron chi connectivity index (χ4n) is 1.52. The van der Waals surface area contributed by atoms with E-state index < -0.39 is 10.0 Å². The van der Waals surface area contributed by atoms with E-state index in [2.05, 4.69) is 0 Å². The second kappa shape index (κ2) is 5.85. The summed E-state index contributed by atoms with van der Waals surface area (Å²) in [7, 11) is -2.04. The Hall–Kier alpha value is -1.58. The summed E-state index contributed by atoms with van der Waals surface area (Å²) in [5, 5.41) is 8.72. The summed E-state index contributed by atoms with van der Waals surface area (Å²) >= 11 is 0. The topological polar surface area (TPSA) is 87.2 Å². The Labute approximate surface area is 108 Å². The summed E-state index contributed by atoms with van der Waals surface area (Å²) in [5.41, 5.74) is 6.15. The minimum atomic E-state index is -3.57. The summed E-state index contributed by atoms with van der Waals surface area (Å²) < 4.78 is 25.7. The van der Waals surface area contributed by atoms with Gasteiger partial charge in [-0.3, -0.25) is 0 Å². The molecule has 0 bridgehead atoms. The van der Waals surface area contributed by atoms with Gasteiger partial charge in [-0.15, -0.1) is 0 Å². The molecular formula is C12H17N3O2S. The van der Waals surface area contributed by atoms with Crippen LogP contribution in [0.2, 0.25) is 0 Å². The Morgan fingerprint density at radius 2 is 2.11 bits per heavy atom. The number of benzene rings is 1. The van der Waals surface area contributed by atoms with Crippen molar-refractivity contribution in [3.8, 4) is 6.07 Å². The van der Waals surface area contributed by atoms with E-state index >= 15 is 0 Å². The Morgan fingerprint density at radius 1 is 1.44 bits per heavy atom. The molecule has 0 unspecified atom stereocenters. The molecule has 0 radical (unpaired) electrons. The maximum absolute atomic E-state index is 12.2. The molecule has 0 amide bonds. The number of nitrogen functional groups attached to an aromatic ring is 1. The third kappa shape index (κ3) is 3.00. The highest BCUT2D eigenvalue weighted by Crippen LogP contribution is 2.22. The third-order valence-corrected chi connectivity index (χ3v) is 4.58. The van der Waals surface area contributed by atoms with Crippen LogP contribution < -0.4 is 5.73 Å². The van der Waals surface area contributed by atoms with E-state index in [9.17, 15) is 8.42 Å². The van der Waals surface area contributed by atoms with Crippen LogP contribution in [0, 0.1) is 11.3 Å². The van der Waals surface area contributed by atoms with Crippen molar-refractivity contribution in [2.75, 3.05) is 19.3 Å². The van der Waals surface area contributed by atoms with Crippen molar-refractivity contribution in [3.05, 3.63) is 23.8 Å². The lowest BCUT2D eigenvalue weighted by Crippen LogP contribution is -2.28. The van der Waals surface area contributed by atoms with Crippen molar-refractivity contribution in [3.63, 3.8) is 0 Å². The van der Waals surface area contributed by atoms with Crippen LogP contribution in [0.5, 0.6) is 0 Å². The lowest BCUT2D eigenvalue weighted by atomic mass is 10.2. The van der Waals surface area contributed by atoms with E-state index in [-0.39, 0.29) is 10.6 Å². The SMILES string of the molecule is CCCCN(C)S(=O)(=O)c1ccc(C#N)cc1N. The number of nitrogens with two attached hydrogens (primary N) is 1. The zero-order valence-corrected chi connectivity index (χ0v) is 11.4. The highest BCUT2D eigenvalue weighted by molar-refractivity contribution is 7.89. The zero-order valence-electron chi connectivity index (χ0n) is 10.5. The standard InChI is InChI=1S/C12H17N3O2S/c1-3-4-7-15(2)18(16,17)12-6-5-10(9-13)8-11(12)14/h5-6,8H,3-4,7,14H2,1-2H3. The van der Waals surface area contributed by atoms with Crippen LogP contribution in [0.1, 0.15) is 25.3 Å². The molecule has 0 aromatic heterocycles. The van der Waals surface area contributed by atoms with Gasteiger partial charge in [-0.25, -0.2) is 12.7 Å². The largest absolute Gasteiger partial charge is 0.398 e. The molecule has 0 fully saturated rings. The first-order chi connectivity index (χ1) is 8.43. The molecular weight excluding hydrogens is 250 g/mol. The van der Waals surface area contributed by atoms with E-state index in [1.165, 1.54) is 29.6 Å². The number of hydrogen-bond acceptors (Lipinski definition) is 4. The average molecular weight is 267 g/mol. The molecule has 2 N–H and O–H groups in total. The van der Waals surface area contributed by atoms with Gasteiger partial charge in [0.15, 0.2) is 0 Å².